The van der Waals surface area contributed by atoms with Crippen molar-refractivity contribution in [1.82, 2.24) is 24.9 Å². The number of aromatic amines is 1. The van der Waals surface area contributed by atoms with Gasteiger partial charge in [-0.2, -0.15) is 10.2 Å². The molecule has 2 aromatic heterocycles. The quantitative estimate of drug-likeness (QED) is 0.712. The first-order valence-corrected chi connectivity index (χ1v) is 8.82. The normalized spacial score (nSPS) is 10.9. The number of aromatic nitrogens is 4. The number of aryl methyl sites for hydroxylation is 2. The molecule has 0 spiro atoms. The van der Waals surface area contributed by atoms with Gasteiger partial charge < -0.3 is 4.90 Å². The second-order valence-corrected chi connectivity index (χ2v) is 6.69. The summed E-state index contributed by atoms with van der Waals surface area (Å²) in [6, 6.07) is 10.2. The van der Waals surface area contributed by atoms with Crippen molar-refractivity contribution in [3.63, 3.8) is 0 Å². The van der Waals surface area contributed by atoms with Gasteiger partial charge in [-0.05, 0) is 31.4 Å². The van der Waals surface area contributed by atoms with Gasteiger partial charge in [-0.1, -0.05) is 30.3 Å². The van der Waals surface area contributed by atoms with Gasteiger partial charge in [0.15, 0.2) is 0 Å². The molecule has 6 heteroatoms. The molecule has 3 aromatic rings. The summed E-state index contributed by atoms with van der Waals surface area (Å²) in [5.41, 5.74) is 5.40. The van der Waals surface area contributed by atoms with E-state index in [1.807, 2.05) is 56.2 Å². The lowest BCUT2D eigenvalue weighted by atomic mass is 10.1. The Labute approximate surface area is 153 Å². The summed E-state index contributed by atoms with van der Waals surface area (Å²) >= 11 is 0. The van der Waals surface area contributed by atoms with Gasteiger partial charge in [-0.25, -0.2) is 0 Å². The van der Waals surface area contributed by atoms with Gasteiger partial charge in [0.2, 0.25) is 5.91 Å². The summed E-state index contributed by atoms with van der Waals surface area (Å²) < 4.78 is 1.90. The van der Waals surface area contributed by atoms with E-state index < -0.39 is 0 Å². The van der Waals surface area contributed by atoms with Gasteiger partial charge in [0.05, 0.1) is 18.4 Å². The molecule has 0 radical (unpaired) electrons. The van der Waals surface area contributed by atoms with Crippen LogP contribution in [0.3, 0.4) is 0 Å². The molecule has 0 aliphatic carbocycles. The summed E-state index contributed by atoms with van der Waals surface area (Å²) in [5, 5.41) is 11.5. The number of hydrogen-bond acceptors (Lipinski definition) is 3. The zero-order valence-corrected chi connectivity index (χ0v) is 15.6. The number of hydrogen-bond donors (Lipinski definition) is 1. The number of H-pyrrole nitrogens is 1. The van der Waals surface area contributed by atoms with Crippen molar-refractivity contribution >= 4 is 5.91 Å². The smallest absolute Gasteiger partial charge is 0.222 e. The van der Waals surface area contributed by atoms with Gasteiger partial charge >= 0.3 is 0 Å². The van der Waals surface area contributed by atoms with Crippen LogP contribution in [0.15, 0.2) is 42.7 Å². The van der Waals surface area contributed by atoms with E-state index in [0.29, 0.717) is 19.4 Å². The molecule has 2 heterocycles. The third kappa shape index (κ3) is 4.39. The standard InChI is InChI=1S/C20H25N5O/c1-15-19(16(2)23-22-15)9-10-20(26)24(3)12-18-11-21-25(14-18)13-17-7-5-4-6-8-17/h4-8,11,14H,9-10,12-13H2,1-3H3,(H,22,23). The highest BCUT2D eigenvalue weighted by molar-refractivity contribution is 5.76. The molecule has 0 fully saturated rings. The minimum atomic E-state index is 0.126. The number of carbonyl (C=O) groups is 1. The maximum atomic E-state index is 12.4. The molecule has 1 amide bonds. The molecule has 0 aliphatic heterocycles. The van der Waals surface area contributed by atoms with E-state index in [-0.39, 0.29) is 5.91 Å². The molecule has 0 bridgehead atoms. The maximum absolute atomic E-state index is 12.4. The molecular weight excluding hydrogens is 326 g/mol. The van der Waals surface area contributed by atoms with Crippen molar-refractivity contribution in [3.8, 4) is 0 Å². The lowest BCUT2D eigenvalue weighted by molar-refractivity contribution is -0.130. The van der Waals surface area contributed by atoms with Crippen LogP contribution in [0.5, 0.6) is 0 Å². The van der Waals surface area contributed by atoms with E-state index >= 15 is 0 Å². The number of amides is 1. The average Bonchev–Trinajstić information content (AvgIpc) is 3.20. The summed E-state index contributed by atoms with van der Waals surface area (Å²) in [7, 11) is 1.84. The van der Waals surface area contributed by atoms with Crippen LogP contribution >= 0.6 is 0 Å². The van der Waals surface area contributed by atoms with Crippen molar-refractivity contribution < 1.29 is 4.79 Å². The summed E-state index contributed by atoms with van der Waals surface area (Å²) in [6.07, 6.45) is 5.03. The van der Waals surface area contributed by atoms with Crippen LogP contribution in [0.25, 0.3) is 0 Å². The second kappa shape index (κ2) is 7.99. The zero-order valence-electron chi connectivity index (χ0n) is 15.6. The van der Waals surface area contributed by atoms with Gasteiger partial charge in [0.25, 0.3) is 0 Å². The van der Waals surface area contributed by atoms with E-state index in [4.69, 9.17) is 0 Å². The molecule has 1 aromatic carbocycles. The van der Waals surface area contributed by atoms with Crippen molar-refractivity contribution in [1.29, 1.82) is 0 Å². The molecule has 136 valence electrons. The average molecular weight is 351 g/mol. The van der Waals surface area contributed by atoms with Crippen molar-refractivity contribution in [2.45, 2.75) is 39.8 Å². The highest BCUT2D eigenvalue weighted by atomic mass is 16.2. The molecule has 3 rings (SSSR count). The minimum absolute atomic E-state index is 0.126. The Morgan fingerprint density at radius 3 is 2.65 bits per heavy atom. The summed E-state index contributed by atoms with van der Waals surface area (Å²) in [4.78, 5) is 14.2. The zero-order chi connectivity index (χ0) is 18.5. The molecule has 0 unspecified atom stereocenters. The highest BCUT2D eigenvalue weighted by Gasteiger charge is 2.13. The first kappa shape index (κ1) is 17.9. The first-order chi connectivity index (χ1) is 12.5. The number of nitrogens with zero attached hydrogens (tertiary/aromatic N) is 4. The first-order valence-electron chi connectivity index (χ1n) is 8.82. The third-order valence-electron chi connectivity index (χ3n) is 4.59. The molecular formula is C20H25N5O. The Morgan fingerprint density at radius 2 is 1.96 bits per heavy atom. The van der Waals surface area contributed by atoms with E-state index in [9.17, 15) is 4.79 Å². The fraction of sp³-hybridized carbons (Fsp3) is 0.350. The van der Waals surface area contributed by atoms with Crippen LogP contribution in [-0.4, -0.2) is 37.8 Å². The number of benzene rings is 1. The molecule has 1 N–H and O–H groups in total. The molecule has 6 nitrogen and oxygen atoms in total. The highest BCUT2D eigenvalue weighted by Crippen LogP contribution is 2.13. The van der Waals surface area contributed by atoms with Gasteiger partial charge in [-0.15, -0.1) is 0 Å². The van der Waals surface area contributed by atoms with Crippen molar-refractivity contribution in [3.05, 3.63) is 70.8 Å². The lowest BCUT2D eigenvalue weighted by Crippen LogP contribution is -2.26. The Balaban J connectivity index is 1.53. The predicted octanol–water partition coefficient (Wildman–Crippen LogP) is 2.86. The van der Waals surface area contributed by atoms with E-state index in [1.165, 1.54) is 5.56 Å². The fourth-order valence-electron chi connectivity index (χ4n) is 3.07. The lowest BCUT2D eigenvalue weighted by Gasteiger charge is -2.16. The van der Waals surface area contributed by atoms with Crippen LogP contribution in [0.2, 0.25) is 0 Å². The molecule has 0 atom stereocenters. The van der Waals surface area contributed by atoms with E-state index in [0.717, 1.165) is 29.1 Å². The number of rotatable bonds is 7. The minimum Gasteiger partial charge on any atom is -0.341 e. The molecule has 26 heavy (non-hydrogen) atoms. The van der Waals surface area contributed by atoms with Gasteiger partial charge in [0.1, 0.15) is 0 Å². The van der Waals surface area contributed by atoms with Crippen molar-refractivity contribution in [2.75, 3.05) is 7.05 Å². The largest absolute Gasteiger partial charge is 0.341 e. The van der Waals surface area contributed by atoms with Crippen LogP contribution in [-0.2, 0) is 24.3 Å². The fourth-order valence-corrected chi connectivity index (χ4v) is 3.07. The summed E-state index contributed by atoms with van der Waals surface area (Å²) in [6.45, 7) is 5.26. The Kier molecular flexibility index (Phi) is 5.51. The topological polar surface area (TPSA) is 66.8 Å². The Hall–Kier alpha value is -2.89. The molecule has 0 saturated heterocycles. The number of carbonyl (C=O) groups excluding carboxylic acids is 1. The predicted molar refractivity (Wildman–Crippen MR) is 101 cm³/mol. The van der Waals surface area contributed by atoms with Crippen LogP contribution in [0.1, 0.15) is 34.5 Å². The Bertz CT molecular complexity index is 846. The number of nitrogens with one attached hydrogen (secondary N) is 1. The van der Waals surface area contributed by atoms with Crippen LogP contribution < -0.4 is 0 Å². The molecule has 0 aliphatic rings. The molecule has 0 saturated carbocycles. The second-order valence-electron chi connectivity index (χ2n) is 6.69. The third-order valence-corrected chi connectivity index (χ3v) is 4.59. The Morgan fingerprint density at radius 1 is 1.19 bits per heavy atom. The maximum Gasteiger partial charge on any atom is 0.222 e. The SMILES string of the molecule is Cc1n[nH]c(C)c1CCC(=O)N(C)Cc1cnn(Cc2ccccc2)c1. The summed E-state index contributed by atoms with van der Waals surface area (Å²) in [5.74, 6) is 0.126. The van der Waals surface area contributed by atoms with Gasteiger partial charge in [-0.3, -0.25) is 14.6 Å². The van der Waals surface area contributed by atoms with Crippen molar-refractivity contribution in [2.24, 2.45) is 0 Å². The van der Waals surface area contributed by atoms with E-state index in [2.05, 4.69) is 27.4 Å². The van der Waals surface area contributed by atoms with Crippen LogP contribution in [0.4, 0.5) is 0 Å². The van der Waals surface area contributed by atoms with Crippen LogP contribution in [0, 0.1) is 13.8 Å². The monoisotopic (exact) mass is 351 g/mol. The van der Waals surface area contributed by atoms with E-state index in [1.54, 1.807) is 4.90 Å². The van der Waals surface area contributed by atoms with Gasteiger partial charge in [0, 0.05) is 37.5 Å².